The van der Waals surface area contributed by atoms with E-state index in [9.17, 15) is 14.7 Å². The van der Waals surface area contributed by atoms with E-state index >= 15 is 0 Å². The highest BCUT2D eigenvalue weighted by atomic mass is 16.4. The number of aryl methyl sites for hydroxylation is 1. The van der Waals surface area contributed by atoms with Crippen LogP contribution < -0.4 is 5.32 Å². The van der Waals surface area contributed by atoms with E-state index in [1.54, 1.807) is 12.4 Å². The highest BCUT2D eigenvalue weighted by Gasteiger charge is 2.35. The quantitative estimate of drug-likeness (QED) is 0.880. The summed E-state index contributed by atoms with van der Waals surface area (Å²) in [6.07, 6.45) is 6.51. The zero-order valence-electron chi connectivity index (χ0n) is 11.6. The van der Waals surface area contributed by atoms with Gasteiger partial charge in [-0.15, -0.1) is 0 Å². The van der Waals surface area contributed by atoms with Gasteiger partial charge >= 0.3 is 5.97 Å². The number of hydrogen-bond donors (Lipinski definition) is 2. The summed E-state index contributed by atoms with van der Waals surface area (Å²) in [5.74, 6) is -1.96. The van der Waals surface area contributed by atoms with Gasteiger partial charge in [0.25, 0.3) is 0 Å². The number of carbonyl (C=O) groups excluding carboxylic acids is 1. The highest BCUT2D eigenvalue weighted by Crippen LogP contribution is 2.30. The van der Waals surface area contributed by atoms with E-state index in [2.05, 4.69) is 10.3 Å². The maximum Gasteiger partial charge on any atom is 0.307 e. The van der Waals surface area contributed by atoms with E-state index in [1.165, 1.54) is 0 Å². The van der Waals surface area contributed by atoms with E-state index in [1.807, 2.05) is 13.0 Å². The molecule has 0 radical (unpaired) electrons. The van der Waals surface area contributed by atoms with Gasteiger partial charge in [0.1, 0.15) is 0 Å². The third kappa shape index (κ3) is 3.35. The zero-order chi connectivity index (χ0) is 14.5. The van der Waals surface area contributed by atoms with Gasteiger partial charge in [-0.25, -0.2) is 0 Å². The molecule has 1 aromatic heterocycles. The molecule has 0 spiro atoms. The van der Waals surface area contributed by atoms with Crippen LogP contribution in [0.3, 0.4) is 0 Å². The van der Waals surface area contributed by atoms with Gasteiger partial charge in [0, 0.05) is 18.9 Å². The molecule has 5 heteroatoms. The Labute approximate surface area is 118 Å². The van der Waals surface area contributed by atoms with Crippen molar-refractivity contribution in [3.8, 4) is 0 Å². The highest BCUT2D eigenvalue weighted by molar-refractivity contribution is 5.84. The van der Waals surface area contributed by atoms with Crippen LogP contribution in [-0.4, -0.2) is 22.0 Å². The van der Waals surface area contributed by atoms with E-state index in [0.717, 1.165) is 24.0 Å². The lowest BCUT2D eigenvalue weighted by molar-refractivity contribution is -0.148. The summed E-state index contributed by atoms with van der Waals surface area (Å²) in [7, 11) is 0. The van der Waals surface area contributed by atoms with E-state index in [4.69, 9.17) is 0 Å². The molecule has 0 aromatic carbocycles. The molecule has 1 heterocycles. The van der Waals surface area contributed by atoms with Crippen molar-refractivity contribution in [3.05, 3.63) is 29.6 Å². The zero-order valence-corrected chi connectivity index (χ0v) is 11.6. The summed E-state index contributed by atoms with van der Waals surface area (Å²) in [6, 6.07) is 1.89. The van der Waals surface area contributed by atoms with E-state index in [-0.39, 0.29) is 5.91 Å². The Morgan fingerprint density at radius 3 is 2.70 bits per heavy atom. The number of nitrogens with one attached hydrogen (secondary N) is 1. The molecule has 0 aliphatic heterocycles. The summed E-state index contributed by atoms with van der Waals surface area (Å²) >= 11 is 0. The molecule has 0 bridgehead atoms. The molecule has 5 nitrogen and oxygen atoms in total. The Balaban J connectivity index is 1.97. The number of carboxylic acid groups (broad SMARTS) is 1. The largest absolute Gasteiger partial charge is 0.481 e. The van der Waals surface area contributed by atoms with Crippen LogP contribution in [-0.2, 0) is 16.1 Å². The molecule has 2 atom stereocenters. The first-order chi connectivity index (χ1) is 9.59. The third-order valence-electron chi connectivity index (χ3n) is 4.02. The number of aromatic nitrogens is 1. The SMILES string of the molecule is Cc1ccncc1CNC(=O)C1CCCCC1C(=O)O. The molecule has 1 aliphatic rings. The predicted molar refractivity (Wildman–Crippen MR) is 73.9 cm³/mol. The number of rotatable bonds is 4. The van der Waals surface area contributed by atoms with E-state index < -0.39 is 17.8 Å². The Bertz CT molecular complexity index is 502. The van der Waals surface area contributed by atoms with Gasteiger partial charge < -0.3 is 10.4 Å². The molecule has 2 unspecified atom stereocenters. The number of pyridine rings is 1. The first-order valence-electron chi connectivity index (χ1n) is 6.99. The minimum absolute atomic E-state index is 0.152. The second-order valence-corrected chi connectivity index (χ2v) is 5.36. The van der Waals surface area contributed by atoms with Gasteiger partial charge in [0.15, 0.2) is 0 Å². The molecule has 1 aromatic rings. The minimum atomic E-state index is -0.859. The standard InChI is InChI=1S/C15H20N2O3/c1-10-6-7-16-8-11(10)9-17-14(18)12-4-2-3-5-13(12)15(19)20/h6-8,12-13H,2-5,9H2,1H3,(H,17,18)(H,19,20). The lowest BCUT2D eigenvalue weighted by atomic mass is 9.78. The minimum Gasteiger partial charge on any atom is -0.481 e. The van der Waals surface area contributed by atoms with Crippen LogP contribution in [0.25, 0.3) is 0 Å². The molecule has 1 saturated carbocycles. The Hall–Kier alpha value is -1.91. The topological polar surface area (TPSA) is 79.3 Å². The Morgan fingerprint density at radius 2 is 2.05 bits per heavy atom. The van der Waals surface area contributed by atoms with Crippen molar-refractivity contribution in [3.63, 3.8) is 0 Å². The number of nitrogens with zero attached hydrogens (tertiary/aromatic N) is 1. The van der Waals surface area contributed by atoms with Crippen LogP contribution in [0.1, 0.15) is 36.8 Å². The molecular formula is C15H20N2O3. The Morgan fingerprint density at radius 1 is 1.35 bits per heavy atom. The second kappa shape index (κ2) is 6.50. The summed E-state index contributed by atoms with van der Waals surface area (Å²) < 4.78 is 0. The molecule has 0 saturated heterocycles. The summed E-state index contributed by atoms with van der Waals surface area (Å²) in [6.45, 7) is 2.37. The summed E-state index contributed by atoms with van der Waals surface area (Å²) in [5.41, 5.74) is 2.03. The van der Waals surface area contributed by atoms with Crippen molar-refractivity contribution < 1.29 is 14.7 Å². The van der Waals surface area contributed by atoms with Crippen LogP contribution in [0.5, 0.6) is 0 Å². The smallest absolute Gasteiger partial charge is 0.307 e. The average molecular weight is 276 g/mol. The second-order valence-electron chi connectivity index (χ2n) is 5.36. The first-order valence-corrected chi connectivity index (χ1v) is 6.99. The van der Waals surface area contributed by atoms with Crippen molar-refractivity contribution >= 4 is 11.9 Å². The fraction of sp³-hybridized carbons (Fsp3) is 0.533. The molecule has 2 N–H and O–H groups in total. The van der Waals surface area contributed by atoms with Crippen molar-refractivity contribution in [2.24, 2.45) is 11.8 Å². The van der Waals surface area contributed by atoms with Gasteiger partial charge in [0.2, 0.25) is 5.91 Å². The van der Waals surface area contributed by atoms with Gasteiger partial charge in [-0.3, -0.25) is 14.6 Å². The van der Waals surface area contributed by atoms with Crippen LogP contribution in [0.15, 0.2) is 18.5 Å². The van der Waals surface area contributed by atoms with Gasteiger partial charge in [0.05, 0.1) is 11.8 Å². The van der Waals surface area contributed by atoms with Crippen LogP contribution >= 0.6 is 0 Å². The van der Waals surface area contributed by atoms with Gasteiger partial charge in [-0.05, 0) is 37.0 Å². The third-order valence-corrected chi connectivity index (χ3v) is 4.02. The number of carboxylic acids is 1. The van der Waals surface area contributed by atoms with Crippen LogP contribution in [0, 0.1) is 18.8 Å². The number of amides is 1. The normalized spacial score (nSPS) is 22.2. The number of aliphatic carboxylic acids is 1. The maximum absolute atomic E-state index is 12.2. The molecular weight excluding hydrogens is 256 g/mol. The molecule has 20 heavy (non-hydrogen) atoms. The fourth-order valence-corrected chi connectivity index (χ4v) is 2.74. The van der Waals surface area contributed by atoms with Crippen molar-refractivity contribution in [1.29, 1.82) is 0 Å². The maximum atomic E-state index is 12.2. The first kappa shape index (κ1) is 14.5. The summed E-state index contributed by atoms with van der Waals surface area (Å²) in [4.78, 5) is 27.4. The summed E-state index contributed by atoms with van der Waals surface area (Å²) in [5, 5.41) is 12.0. The lowest BCUT2D eigenvalue weighted by Gasteiger charge is -2.27. The number of hydrogen-bond acceptors (Lipinski definition) is 3. The predicted octanol–water partition coefficient (Wildman–Crippen LogP) is 1.90. The van der Waals surface area contributed by atoms with Crippen LogP contribution in [0.4, 0.5) is 0 Å². The lowest BCUT2D eigenvalue weighted by Crippen LogP contribution is -2.39. The van der Waals surface area contributed by atoms with Gasteiger partial charge in [-0.2, -0.15) is 0 Å². The molecule has 1 aliphatic carbocycles. The molecule has 108 valence electrons. The number of carbonyl (C=O) groups is 2. The fourth-order valence-electron chi connectivity index (χ4n) is 2.74. The van der Waals surface area contributed by atoms with Crippen molar-refractivity contribution in [2.45, 2.75) is 39.2 Å². The monoisotopic (exact) mass is 276 g/mol. The molecule has 1 fully saturated rings. The van der Waals surface area contributed by atoms with Gasteiger partial charge in [-0.1, -0.05) is 12.8 Å². The van der Waals surface area contributed by atoms with Crippen LogP contribution in [0.2, 0.25) is 0 Å². The van der Waals surface area contributed by atoms with Crippen molar-refractivity contribution in [2.75, 3.05) is 0 Å². The average Bonchev–Trinajstić information content (AvgIpc) is 2.46. The van der Waals surface area contributed by atoms with Crippen molar-refractivity contribution in [1.82, 2.24) is 10.3 Å². The Kier molecular flexibility index (Phi) is 4.71. The molecule has 2 rings (SSSR count). The van der Waals surface area contributed by atoms with E-state index in [0.29, 0.717) is 19.4 Å². The molecule has 1 amide bonds.